The van der Waals surface area contributed by atoms with Crippen LogP contribution in [0.2, 0.25) is 0 Å². The summed E-state index contributed by atoms with van der Waals surface area (Å²) >= 11 is 1.69. The van der Waals surface area contributed by atoms with Crippen LogP contribution < -0.4 is 10.6 Å². The van der Waals surface area contributed by atoms with Crippen LogP contribution in [-0.4, -0.2) is 42.0 Å². The van der Waals surface area contributed by atoms with Gasteiger partial charge in [0.2, 0.25) is 5.91 Å². The Morgan fingerprint density at radius 3 is 2.52 bits per heavy atom. The van der Waals surface area contributed by atoms with Crippen molar-refractivity contribution in [3.05, 3.63) is 65.2 Å². The molecule has 0 fully saturated rings. The maximum Gasteiger partial charge on any atom is 0.314 e. The Kier molecular flexibility index (Phi) is 7.58. The van der Waals surface area contributed by atoms with Crippen LogP contribution in [-0.2, 0) is 17.8 Å². The molecule has 0 aliphatic rings. The lowest BCUT2D eigenvalue weighted by Gasteiger charge is -2.17. The summed E-state index contributed by atoms with van der Waals surface area (Å²) in [5.41, 5.74) is 2.11. The number of nitrogens with one attached hydrogen (secondary N) is 2. The van der Waals surface area contributed by atoms with Gasteiger partial charge in [-0.1, -0.05) is 42.5 Å². The van der Waals surface area contributed by atoms with Gasteiger partial charge in [-0.2, -0.15) is 0 Å². The molecule has 3 amide bonds. The summed E-state index contributed by atoms with van der Waals surface area (Å²) in [5, 5.41) is 6.66. The number of hydrogen-bond donors (Lipinski definition) is 2. The number of carbonyl (C=O) groups is 2. The third-order valence-electron chi connectivity index (χ3n) is 4.50. The molecule has 0 saturated carbocycles. The van der Waals surface area contributed by atoms with Crippen molar-refractivity contribution in [1.29, 1.82) is 0 Å². The summed E-state index contributed by atoms with van der Waals surface area (Å²) < 4.78 is 1.19. The van der Waals surface area contributed by atoms with Crippen molar-refractivity contribution in [1.82, 2.24) is 20.5 Å². The molecule has 2 N–H and O–H groups in total. The van der Waals surface area contributed by atoms with E-state index in [1.54, 1.807) is 23.3 Å². The largest absolute Gasteiger partial charge is 0.341 e. The molecule has 0 saturated heterocycles. The molecule has 0 atom stereocenters. The number of rotatable bonds is 9. The smallest absolute Gasteiger partial charge is 0.314 e. The van der Waals surface area contributed by atoms with E-state index in [-0.39, 0.29) is 18.4 Å². The van der Waals surface area contributed by atoms with Gasteiger partial charge in [0.15, 0.2) is 0 Å². The van der Waals surface area contributed by atoms with Gasteiger partial charge in [-0.25, -0.2) is 9.78 Å². The summed E-state index contributed by atoms with van der Waals surface area (Å²) in [6.07, 6.45) is 1.94. The fourth-order valence-corrected chi connectivity index (χ4v) is 3.96. The lowest BCUT2D eigenvalue weighted by atomic mass is 10.2. The predicted octanol–water partition coefficient (Wildman–Crippen LogP) is 3.58. The molecule has 6 nitrogen and oxygen atoms in total. The van der Waals surface area contributed by atoms with Gasteiger partial charge in [0, 0.05) is 39.5 Å². The lowest BCUT2D eigenvalue weighted by molar-refractivity contribution is -0.130. The van der Waals surface area contributed by atoms with Crippen molar-refractivity contribution >= 4 is 33.5 Å². The van der Waals surface area contributed by atoms with Gasteiger partial charge in [-0.05, 0) is 24.1 Å². The average Bonchev–Trinajstić information content (AvgIpc) is 3.14. The van der Waals surface area contributed by atoms with Crippen LogP contribution in [0.1, 0.15) is 23.4 Å². The number of aromatic nitrogens is 1. The first-order chi connectivity index (χ1) is 14.1. The SMILES string of the molecule is CN(Cc1ccccc1)C(=O)CCNC(=O)NCCCc1nc2ccccc2s1. The maximum absolute atomic E-state index is 12.2. The molecule has 152 valence electrons. The van der Waals surface area contributed by atoms with Crippen LogP contribution in [0.3, 0.4) is 0 Å². The highest BCUT2D eigenvalue weighted by Gasteiger charge is 2.10. The van der Waals surface area contributed by atoms with Crippen molar-refractivity contribution < 1.29 is 9.59 Å². The van der Waals surface area contributed by atoms with Gasteiger partial charge < -0.3 is 15.5 Å². The highest BCUT2D eigenvalue weighted by molar-refractivity contribution is 7.18. The second-order valence-corrected chi connectivity index (χ2v) is 7.96. The first kappa shape index (κ1) is 20.8. The Balaban J connectivity index is 1.28. The first-order valence-electron chi connectivity index (χ1n) is 9.76. The van der Waals surface area contributed by atoms with Crippen molar-refractivity contribution in [2.24, 2.45) is 0 Å². The minimum Gasteiger partial charge on any atom is -0.341 e. The van der Waals surface area contributed by atoms with Crippen LogP contribution in [0, 0.1) is 0 Å². The first-order valence-corrected chi connectivity index (χ1v) is 10.6. The molecular formula is C22H26N4O2S. The number of benzene rings is 2. The maximum atomic E-state index is 12.2. The van der Waals surface area contributed by atoms with Crippen LogP contribution >= 0.6 is 11.3 Å². The van der Waals surface area contributed by atoms with Crippen LogP contribution in [0.4, 0.5) is 4.79 Å². The van der Waals surface area contributed by atoms with Gasteiger partial charge in [-0.3, -0.25) is 4.79 Å². The second-order valence-electron chi connectivity index (χ2n) is 6.85. The van der Waals surface area contributed by atoms with E-state index in [1.165, 1.54) is 4.70 Å². The molecule has 1 aromatic heterocycles. The number of hydrogen-bond acceptors (Lipinski definition) is 4. The summed E-state index contributed by atoms with van der Waals surface area (Å²) in [6.45, 7) is 1.46. The molecule has 3 rings (SSSR count). The third-order valence-corrected chi connectivity index (χ3v) is 5.60. The number of para-hydroxylation sites is 1. The summed E-state index contributed by atoms with van der Waals surface area (Å²) in [6, 6.07) is 17.7. The molecule has 0 spiro atoms. The summed E-state index contributed by atoms with van der Waals surface area (Å²) in [5.74, 6) is 0.00462. The average molecular weight is 411 g/mol. The number of aryl methyl sites for hydroxylation is 1. The van der Waals surface area contributed by atoms with E-state index in [1.807, 2.05) is 48.5 Å². The molecule has 0 aliphatic carbocycles. The van der Waals surface area contributed by atoms with E-state index >= 15 is 0 Å². The van der Waals surface area contributed by atoms with Crippen molar-refractivity contribution in [3.8, 4) is 0 Å². The quantitative estimate of drug-likeness (QED) is 0.530. The normalized spacial score (nSPS) is 10.7. The lowest BCUT2D eigenvalue weighted by Crippen LogP contribution is -2.38. The molecule has 0 radical (unpaired) electrons. The van der Waals surface area contributed by atoms with E-state index in [4.69, 9.17) is 0 Å². The molecule has 29 heavy (non-hydrogen) atoms. The van der Waals surface area contributed by atoms with Gasteiger partial charge in [-0.15, -0.1) is 11.3 Å². The Labute approximate surface area is 174 Å². The fourth-order valence-electron chi connectivity index (χ4n) is 2.95. The van der Waals surface area contributed by atoms with Crippen LogP contribution in [0.5, 0.6) is 0 Å². The zero-order valence-corrected chi connectivity index (χ0v) is 17.4. The third kappa shape index (κ3) is 6.57. The monoisotopic (exact) mass is 410 g/mol. The standard InChI is InChI=1S/C22H26N4O2S/c1-26(16-17-8-3-2-4-9-17)21(27)13-15-24-22(28)23-14-7-12-20-25-18-10-5-6-11-19(18)29-20/h2-6,8-11H,7,12-16H2,1H3,(H2,23,24,28). The van der Waals surface area contributed by atoms with Crippen LogP contribution in [0.25, 0.3) is 10.2 Å². The summed E-state index contributed by atoms with van der Waals surface area (Å²) in [4.78, 5) is 30.3. The van der Waals surface area contributed by atoms with Crippen molar-refractivity contribution in [2.75, 3.05) is 20.1 Å². The zero-order chi connectivity index (χ0) is 20.5. The van der Waals surface area contributed by atoms with Crippen molar-refractivity contribution in [3.63, 3.8) is 0 Å². The minimum atomic E-state index is -0.243. The topological polar surface area (TPSA) is 74.3 Å². The van der Waals surface area contributed by atoms with Crippen molar-refractivity contribution in [2.45, 2.75) is 25.8 Å². The molecule has 1 heterocycles. The molecule has 0 bridgehead atoms. The second kappa shape index (κ2) is 10.6. The number of thiazole rings is 1. The van der Waals surface area contributed by atoms with E-state index in [2.05, 4.69) is 21.7 Å². The number of urea groups is 1. The number of carbonyl (C=O) groups excluding carboxylic acids is 2. The number of fused-ring (bicyclic) bond motifs is 1. The molecule has 7 heteroatoms. The Bertz CT molecular complexity index is 909. The Hall–Kier alpha value is -2.93. The van der Waals surface area contributed by atoms with Crippen LogP contribution in [0.15, 0.2) is 54.6 Å². The van der Waals surface area contributed by atoms with Gasteiger partial charge >= 0.3 is 6.03 Å². The van der Waals surface area contributed by atoms with E-state index in [9.17, 15) is 9.59 Å². The molecular weight excluding hydrogens is 384 g/mol. The van der Waals surface area contributed by atoms with Gasteiger partial charge in [0.1, 0.15) is 0 Å². The fraction of sp³-hybridized carbons (Fsp3) is 0.318. The Morgan fingerprint density at radius 2 is 1.72 bits per heavy atom. The number of amides is 3. The highest BCUT2D eigenvalue weighted by Crippen LogP contribution is 2.22. The molecule has 2 aromatic carbocycles. The zero-order valence-electron chi connectivity index (χ0n) is 16.6. The van der Waals surface area contributed by atoms with E-state index in [0.717, 1.165) is 28.9 Å². The van der Waals surface area contributed by atoms with E-state index in [0.29, 0.717) is 19.6 Å². The molecule has 3 aromatic rings. The van der Waals surface area contributed by atoms with Gasteiger partial charge in [0.25, 0.3) is 0 Å². The minimum absolute atomic E-state index is 0.00462. The number of nitrogens with zero attached hydrogens (tertiary/aromatic N) is 2. The summed E-state index contributed by atoms with van der Waals surface area (Å²) in [7, 11) is 1.78. The van der Waals surface area contributed by atoms with E-state index < -0.39 is 0 Å². The predicted molar refractivity (Wildman–Crippen MR) is 117 cm³/mol. The molecule has 0 aliphatic heterocycles. The molecule has 0 unspecified atom stereocenters. The highest BCUT2D eigenvalue weighted by atomic mass is 32.1. The Morgan fingerprint density at radius 1 is 1.00 bits per heavy atom. The van der Waals surface area contributed by atoms with Gasteiger partial charge in [0.05, 0.1) is 15.2 Å².